The van der Waals surface area contributed by atoms with Crippen molar-refractivity contribution < 1.29 is 8.42 Å². The maximum Gasteiger partial charge on any atom is 0.279 e. The first kappa shape index (κ1) is 17.1. The fourth-order valence-electron chi connectivity index (χ4n) is 2.77. The Bertz CT molecular complexity index is 426. The largest absolute Gasteiger partial charge is 0.314 e. The zero-order valence-corrected chi connectivity index (χ0v) is 14.2. The molecular formula is C13H29N5O2S. The topological polar surface area (TPSA) is 67.9 Å². The fraction of sp³-hybridized carbons (Fsp3) is 1.00. The number of rotatable bonds is 5. The van der Waals surface area contributed by atoms with Crippen LogP contribution in [0.4, 0.5) is 0 Å². The van der Waals surface area contributed by atoms with Gasteiger partial charge < -0.3 is 10.2 Å². The van der Waals surface area contributed by atoms with Crippen LogP contribution >= 0.6 is 0 Å². The van der Waals surface area contributed by atoms with Gasteiger partial charge in [0, 0.05) is 64.4 Å². The lowest BCUT2D eigenvalue weighted by molar-refractivity contribution is 0.0649. The van der Waals surface area contributed by atoms with Crippen molar-refractivity contribution in [2.24, 2.45) is 0 Å². The smallest absolute Gasteiger partial charge is 0.279 e. The van der Waals surface area contributed by atoms with Gasteiger partial charge in [-0.2, -0.15) is 12.7 Å². The summed E-state index contributed by atoms with van der Waals surface area (Å²) in [4.78, 5) is 4.67. The molecule has 2 fully saturated rings. The van der Waals surface area contributed by atoms with Gasteiger partial charge in [0.2, 0.25) is 0 Å². The highest BCUT2D eigenvalue weighted by atomic mass is 32.2. The molecule has 0 spiro atoms. The highest BCUT2D eigenvalue weighted by molar-refractivity contribution is 7.87. The number of likely N-dealkylation sites (N-methyl/N-ethyl adjacent to an activating group) is 1. The van der Waals surface area contributed by atoms with E-state index in [-0.39, 0.29) is 5.54 Å². The second-order valence-electron chi connectivity index (χ2n) is 6.58. The Morgan fingerprint density at radius 2 is 1.62 bits per heavy atom. The monoisotopic (exact) mass is 319 g/mol. The Hall–Kier alpha value is -0.250. The summed E-state index contributed by atoms with van der Waals surface area (Å²) < 4.78 is 29.0. The van der Waals surface area contributed by atoms with Crippen LogP contribution in [0.5, 0.6) is 0 Å². The molecular weight excluding hydrogens is 290 g/mol. The molecule has 8 heteroatoms. The Morgan fingerprint density at radius 3 is 2.19 bits per heavy atom. The van der Waals surface area contributed by atoms with Crippen molar-refractivity contribution in [3.05, 3.63) is 0 Å². The molecule has 124 valence electrons. The molecule has 0 aromatic heterocycles. The van der Waals surface area contributed by atoms with Crippen LogP contribution in [-0.2, 0) is 10.2 Å². The number of piperazine rings is 2. The van der Waals surface area contributed by atoms with Gasteiger partial charge in [-0.15, -0.1) is 0 Å². The van der Waals surface area contributed by atoms with E-state index in [9.17, 15) is 8.42 Å². The van der Waals surface area contributed by atoms with Gasteiger partial charge in [-0.05, 0) is 20.9 Å². The fourth-order valence-corrected chi connectivity index (χ4v) is 4.15. The summed E-state index contributed by atoms with van der Waals surface area (Å²) in [6.45, 7) is 11.2. The first-order chi connectivity index (χ1) is 9.81. The summed E-state index contributed by atoms with van der Waals surface area (Å²) in [5.74, 6) is 0. The SMILES string of the molecule is CN1CCN(C(C)(C)CNS(=O)(=O)N2CCNCC2)CC1. The molecule has 2 N–H and O–H groups in total. The lowest BCUT2D eigenvalue weighted by atomic mass is 10.0. The lowest BCUT2D eigenvalue weighted by Gasteiger charge is -2.43. The minimum Gasteiger partial charge on any atom is -0.314 e. The summed E-state index contributed by atoms with van der Waals surface area (Å²) in [6, 6.07) is 0. The first-order valence-corrected chi connectivity index (χ1v) is 9.14. The van der Waals surface area contributed by atoms with Crippen molar-refractivity contribution in [2.45, 2.75) is 19.4 Å². The van der Waals surface area contributed by atoms with Crippen molar-refractivity contribution in [1.29, 1.82) is 0 Å². The third-order valence-electron chi connectivity index (χ3n) is 4.46. The normalized spacial score (nSPS) is 24.3. The van der Waals surface area contributed by atoms with Crippen LogP contribution in [0, 0.1) is 0 Å². The minimum absolute atomic E-state index is 0.164. The molecule has 0 aliphatic carbocycles. The van der Waals surface area contributed by atoms with Gasteiger partial charge in [0.05, 0.1) is 0 Å². The predicted octanol–water partition coefficient (Wildman–Crippen LogP) is -1.25. The average molecular weight is 319 g/mol. The molecule has 0 radical (unpaired) electrons. The van der Waals surface area contributed by atoms with E-state index >= 15 is 0 Å². The van der Waals surface area contributed by atoms with Gasteiger partial charge in [-0.25, -0.2) is 4.72 Å². The van der Waals surface area contributed by atoms with Gasteiger partial charge in [-0.3, -0.25) is 4.90 Å². The Labute approximate surface area is 128 Å². The zero-order valence-electron chi connectivity index (χ0n) is 13.4. The summed E-state index contributed by atoms with van der Waals surface area (Å²) in [7, 11) is -1.24. The maximum absolute atomic E-state index is 12.3. The summed E-state index contributed by atoms with van der Waals surface area (Å²) >= 11 is 0. The van der Waals surface area contributed by atoms with E-state index in [0.29, 0.717) is 19.6 Å². The van der Waals surface area contributed by atoms with Crippen LogP contribution in [0.15, 0.2) is 0 Å². The van der Waals surface area contributed by atoms with Gasteiger partial charge in [0.1, 0.15) is 0 Å². The van der Waals surface area contributed by atoms with Crippen molar-refractivity contribution in [2.75, 3.05) is 66.0 Å². The molecule has 0 atom stereocenters. The third-order valence-corrected chi connectivity index (χ3v) is 6.02. The van der Waals surface area contributed by atoms with Crippen LogP contribution < -0.4 is 10.0 Å². The van der Waals surface area contributed by atoms with Crippen LogP contribution in [-0.4, -0.2) is 94.0 Å². The highest BCUT2D eigenvalue weighted by Crippen LogP contribution is 2.16. The Balaban J connectivity index is 1.88. The Morgan fingerprint density at radius 1 is 1.05 bits per heavy atom. The van der Waals surface area contributed by atoms with Crippen LogP contribution in [0.3, 0.4) is 0 Å². The molecule has 0 aromatic rings. The second kappa shape index (κ2) is 6.89. The lowest BCUT2D eigenvalue weighted by Crippen LogP contribution is -2.59. The molecule has 0 saturated carbocycles. The third kappa shape index (κ3) is 4.61. The molecule has 7 nitrogen and oxygen atoms in total. The van der Waals surface area contributed by atoms with Crippen molar-refractivity contribution in [3.8, 4) is 0 Å². The molecule has 21 heavy (non-hydrogen) atoms. The zero-order chi connectivity index (χ0) is 15.5. The van der Waals surface area contributed by atoms with Crippen molar-refractivity contribution in [3.63, 3.8) is 0 Å². The second-order valence-corrected chi connectivity index (χ2v) is 8.33. The van der Waals surface area contributed by atoms with Crippen LogP contribution in [0.2, 0.25) is 0 Å². The van der Waals surface area contributed by atoms with Crippen molar-refractivity contribution in [1.82, 2.24) is 24.1 Å². The van der Waals surface area contributed by atoms with Crippen LogP contribution in [0.1, 0.15) is 13.8 Å². The van der Waals surface area contributed by atoms with E-state index in [4.69, 9.17) is 0 Å². The van der Waals surface area contributed by atoms with E-state index < -0.39 is 10.2 Å². The summed E-state index contributed by atoms with van der Waals surface area (Å²) in [6.07, 6.45) is 0. The van der Waals surface area contributed by atoms with Crippen LogP contribution in [0.25, 0.3) is 0 Å². The average Bonchev–Trinajstić information content (AvgIpc) is 2.47. The molecule has 0 aromatic carbocycles. The number of nitrogens with zero attached hydrogens (tertiary/aromatic N) is 3. The molecule has 2 aliphatic rings. The van der Waals surface area contributed by atoms with E-state index in [1.54, 1.807) is 0 Å². The summed E-state index contributed by atoms with van der Waals surface area (Å²) in [5, 5.41) is 3.17. The molecule has 0 unspecified atom stereocenters. The number of nitrogens with one attached hydrogen (secondary N) is 2. The standard InChI is InChI=1S/C13H29N5O2S/c1-13(2,17-10-8-16(3)9-11-17)12-15-21(19,20)18-6-4-14-5-7-18/h14-15H,4-12H2,1-3H3. The van der Waals surface area contributed by atoms with Gasteiger partial charge in [-0.1, -0.05) is 0 Å². The van der Waals surface area contributed by atoms with E-state index in [1.807, 2.05) is 0 Å². The number of hydrogen-bond acceptors (Lipinski definition) is 5. The van der Waals surface area contributed by atoms with Gasteiger partial charge in [0.15, 0.2) is 0 Å². The van der Waals surface area contributed by atoms with E-state index in [0.717, 1.165) is 39.3 Å². The molecule has 0 amide bonds. The molecule has 2 aliphatic heterocycles. The number of hydrogen-bond donors (Lipinski definition) is 2. The predicted molar refractivity (Wildman–Crippen MR) is 84.5 cm³/mol. The molecule has 2 rings (SSSR count). The van der Waals surface area contributed by atoms with Crippen molar-refractivity contribution >= 4 is 10.2 Å². The molecule has 0 bridgehead atoms. The minimum atomic E-state index is -3.36. The highest BCUT2D eigenvalue weighted by Gasteiger charge is 2.32. The maximum atomic E-state index is 12.3. The molecule has 2 saturated heterocycles. The van der Waals surface area contributed by atoms with Gasteiger partial charge in [0.25, 0.3) is 10.2 Å². The molecule has 2 heterocycles. The summed E-state index contributed by atoms with van der Waals surface area (Å²) in [5.41, 5.74) is -0.164. The van der Waals surface area contributed by atoms with E-state index in [1.165, 1.54) is 4.31 Å². The Kier molecular flexibility index (Phi) is 5.61. The quantitative estimate of drug-likeness (QED) is 0.663. The van der Waals surface area contributed by atoms with Gasteiger partial charge >= 0.3 is 0 Å². The first-order valence-electron chi connectivity index (χ1n) is 7.70. The van der Waals surface area contributed by atoms with E-state index in [2.05, 4.69) is 40.7 Å².